The van der Waals surface area contributed by atoms with Gasteiger partial charge in [-0.2, -0.15) is 13.2 Å². The summed E-state index contributed by atoms with van der Waals surface area (Å²) in [6.07, 6.45) is -3.59. The molecule has 0 spiro atoms. The third-order valence-corrected chi connectivity index (χ3v) is 4.17. The van der Waals surface area contributed by atoms with Crippen LogP contribution in [0.1, 0.15) is 27.9 Å². The molecule has 0 nitrogen and oxygen atoms in total. The van der Waals surface area contributed by atoms with E-state index in [1.165, 1.54) is 6.07 Å². The predicted octanol–water partition coefficient (Wildman–Crippen LogP) is 5.91. The molecule has 0 amide bonds. The minimum absolute atomic E-state index is 0.0538. The van der Waals surface area contributed by atoms with Crippen LogP contribution in [0.25, 0.3) is 0 Å². The first-order chi connectivity index (χ1) is 9.88. The molecule has 0 N–H and O–H groups in total. The van der Waals surface area contributed by atoms with Crippen molar-refractivity contribution in [1.29, 1.82) is 0 Å². The topological polar surface area (TPSA) is 0 Å². The SMILES string of the molecule is Fc1ccc(CCC(Br)c2ccccc2)cc1C(F)(F)F. The Hall–Kier alpha value is -1.36. The zero-order chi connectivity index (χ0) is 15.5. The van der Waals surface area contributed by atoms with Gasteiger partial charge in [-0.25, -0.2) is 4.39 Å². The van der Waals surface area contributed by atoms with E-state index in [2.05, 4.69) is 15.9 Å². The Morgan fingerprint density at radius 2 is 1.67 bits per heavy atom. The molecule has 0 aliphatic carbocycles. The van der Waals surface area contributed by atoms with Gasteiger partial charge < -0.3 is 0 Å². The van der Waals surface area contributed by atoms with Crippen molar-refractivity contribution in [2.45, 2.75) is 23.8 Å². The van der Waals surface area contributed by atoms with Crippen LogP contribution in [0.4, 0.5) is 17.6 Å². The fourth-order valence-corrected chi connectivity index (χ4v) is 2.60. The lowest BCUT2D eigenvalue weighted by Crippen LogP contribution is -2.09. The minimum Gasteiger partial charge on any atom is -0.206 e. The summed E-state index contributed by atoms with van der Waals surface area (Å²) in [5.74, 6) is -1.23. The van der Waals surface area contributed by atoms with E-state index < -0.39 is 17.6 Å². The second kappa shape index (κ2) is 6.60. The van der Waals surface area contributed by atoms with E-state index in [1.54, 1.807) is 0 Å². The molecule has 0 radical (unpaired) electrons. The molecule has 2 aromatic carbocycles. The molecule has 5 heteroatoms. The molecule has 112 valence electrons. The van der Waals surface area contributed by atoms with E-state index in [0.717, 1.165) is 17.7 Å². The number of benzene rings is 2. The van der Waals surface area contributed by atoms with Crippen LogP contribution in [0, 0.1) is 5.82 Å². The lowest BCUT2D eigenvalue weighted by molar-refractivity contribution is -0.140. The molecule has 1 atom stereocenters. The van der Waals surface area contributed by atoms with Gasteiger partial charge in [0.2, 0.25) is 0 Å². The van der Waals surface area contributed by atoms with Gasteiger partial charge in [0.05, 0.1) is 5.56 Å². The van der Waals surface area contributed by atoms with Gasteiger partial charge in [0.15, 0.2) is 0 Å². The highest BCUT2D eigenvalue weighted by Gasteiger charge is 2.34. The first-order valence-electron chi connectivity index (χ1n) is 6.42. The molecule has 0 fully saturated rings. The molecule has 2 aromatic rings. The number of alkyl halides is 4. The zero-order valence-electron chi connectivity index (χ0n) is 11.0. The third-order valence-electron chi connectivity index (χ3n) is 3.18. The number of hydrogen-bond acceptors (Lipinski definition) is 0. The van der Waals surface area contributed by atoms with E-state index in [-0.39, 0.29) is 4.83 Å². The summed E-state index contributed by atoms with van der Waals surface area (Å²) in [6.45, 7) is 0. The molecule has 0 aromatic heterocycles. The van der Waals surface area contributed by atoms with Crippen LogP contribution in [0.5, 0.6) is 0 Å². The highest BCUT2D eigenvalue weighted by molar-refractivity contribution is 9.09. The molecule has 0 aliphatic rings. The Kier molecular flexibility index (Phi) is 5.04. The maximum Gasteiger partial charge on any atom is 0.419 e. The van der Waals surface area contributed by atoms with Crippen molar-refractivity contribution in [2.24, 2.45) is 0 Å². The van der Waals surface area contributed by atoms with Gasteiger partial charge in [-0.1, -0.05) is 52.3 Å². The van der Waals surface area contributed by atoms with E-state index in [0.29, 0.717) is 18.4 Å². The maximum absolute atomic E-state index is 13.2. The van der Waals surface area contributed by atoms with Crippen molar-refractivity contribution < 1.29 is 17.6 Å². The molecule has 0 saturated carbocycles. The van der Waals surface area contributed by atoms with Crippen molar-refractivity contribution in [2.75, 3.05) is 0 Å². The molecule has 0 heterocycles. The highest BCUT2D eigenvalue weighted by atomic mass is 79.9. The van der Waals surface area contributed by atoms with Crippen LogP contribution in [0.3, 0.4) is 0 Å². The lowest BCUT2D eigenvalue weighted by Gasteiger charge is -2.12. The van der Waals surface area contributed by atoms with Gasteiger partial charge >= 0.3 is 6.18 Å². The van der Waals surface area contributed by atoms with Crippen molar-refractivity contribution in [3.05, 3.63) is 71.0 Å². The van der Waals surface area contributed by atoms with Crippen LogP contribution in [-0.4, -0.2) is 0 Å². The Morgan fingerprint density at radius 1 is 1.00 bits per heavy atom. The number of aryl methyl sites for hydroxylation is 1. The zero-order valence-corrected chi connectivity index (χ0v) is 12.6. The van der Waals surface area contributed by atoms with Gasteiger partial charge in [0.1, 0.15) is 5.82 Å². The van der Waals surface area contributed by atoms with Crippen molar-refractivity contribution >= 4 is 15.9 Å². The summed E-state index contributed by atoms with van der Waals surface area (Å²) >= 11 is 3.52. The van der Waals surface area contributed by atoms with Gasteiger partial charge in [0, 0.05) is 4.83 Å². The van der Waals surface area contributed by atoms with E-state index in [9.17, 15) is 17.6 Å². The Bertz CT molecular complexity index is 593. The first-order valence-corrected chi connectivity index (χ1v) is 7.34. The smallest absolute Gasteiger partial charge is 0.206 e. The third kappa shape index (κ3) is 4.30. The summed E-state index contributed by atoms with van der Waals surface area (Å²) in [7, 11) is 0. The Morgan fingerprint density at radius 3 is 2.29 bits per heavy atom. The standard InChI is InChI=1S/C16H13BrF4/c17-14(12-4-2-1-3-5-12)8-6-11-7-9-15(18)13(10-11)16(19,20)21/h1-5,7,9-10,14H,6,8H2. The molecule has 0 bridgehead atoms. The Balaban J connectivity index is 2.07. The summed E-state index contributed by atoms with van der Waals surface area (Å²) in [5, 5.41) is 0. The molecule has 0 aliphatic heterocycles. The minimum atomic E-state index is -4.66. The van der Waals surface area contributed by atoms with Crippen LogP contribution in [0.15, 0.2) is 48.5 Å². The van der Waals surface area contributed by atoms with E-state index in [4.69, 9.17) is 0 Å². The normalized spacial score (nSPS) is 13.2. The van der Waals surface area contributed by atoms with Gasteiger partial charge in [0.25, 0.3) is 0 Å². The number of rotatable bonds is 4. The van der Waals surface area contributed by atoms with Crippen LogP contribution < -0.4 is 0 Å². The maximum atomic E-state index is 13.2. The van der Waals surface area contributed by atoms with Crippen molar-refractivity contribution in [3.8, 4) is 0 Å². The lowest BCUT2D eigenvalue weighted by atomic mass is 10.0. The fourth-order valence-electron chi connectivity index (χ4n) is 2.07. The second-order valence-electron chi connectivity index (χ2n) is 4.73. The quantitative estimate of drug-likeness (QED) is 0.469. The molecular weight excluding hydrogens is 348 g/mol. The first kappa shape index (κ1) is 16.0. The van der Waals surface area contributed by atoms with Crippen molar-refractivity contribution in [3.63, 3.8) is 0 Å². The van der Waals surface area contributed by atoms with Crippen LogP contribution in [0.2, 0.25) is 0 Å². The monoisotopic (exact) mass is 360 g/mol. The Labute approximate surface area is 128 Å². The highest BCUT2D eigenvalue weighted by Crippen LogP contribution is 2.33. The molecular formula is C16H13BrF4. The van der Waals surface area contributed by atoms with Crippen LogP contribution in [-0.2, 0) is 12.6 Å². The fraction of sp³-hybridized carbons (Fsp3) is 0.250. The molecule has 1 unspecified atom stereocenters. The molecule has 21 heavy (non-hydrogen) atoms. The predicted molar refractivity (Wildman–Crippen MR) is 77.8 cm³/mol. The average Bonchev–Trinajstić information content (AvgIpc) is 2.45. The van der Waals surface area contributed by atoms with E-state index >= 15 is 0 Å². The van der Waals surface area contributed by atoms with Gasteiger partial charge in [-0.05, 0) is 36.1 Å². The molecule has 0 saturated heterocycles. The average molecular weight is 361 g/mol. The number of hydrogen-bond donors (Lipinski definition) is 0. The van der Waals surface area contributed by atoms with Crippen molar-refractivity contribution in [1.82, 2.24) is 0 Å². The molecule has 2 rings (SSSR count). The van der Waals surface area contributed by atoms with Gasteiger partial charge in [-0.15, -0.1) is 0 Å². The van der Waals surface area contributed by atoms with E-state index in [1.807, 2.05) is 30.3 Å². The van der Waals surface area contributed by atoms with Gasteiger partial charge in [-0.3, -0.25) is 0 Å². The summed E-state index contributed by atoms with van der Waals surface area (Å²) in [5.41, 5.74) is 0.339. The second-order valence-corrected chi connectivity index (χ2v) is 5.83. The van der Waals surface area contributed by atoms with Crippen LogP contribution >= 0.6 is 15.9 Å². The summed E-state index contributed by atoms with van der Waals surface area (Å²) in [6, 6.07) is 12.8. The summed E-state index contributed by atoms with van der Waals surface area (Å²) in [4.78, 5) is 0.0538. The summed E-state index contributed by atoms with van der Waals surface area (Å²) < 4.78 is 51.1. The largest absolute Gasteiger partial charge is 0.419 e. The number of halogens is 5.